The maximum Gasteiger partial charge on any atom is 0.336 e. The van der Waals surface area contributed by atoms with Crippen LogP contribution in [0, 0.1) is 0 Å². The minimum Gasteiger partial charge on any atom is -0.490 e. The van der Waals surface area contributed by atoms with Gasteiger partial charge in [-0.05, 0) is 55.0 Å². The lowest BCUT2D eigenvalue weighted by Crippen LogP contribution is -2.12. The first-order valence-electron chi connectivity index (χ1n) is 10.9. The zero-order chi connectivity index (χ0) is 23.5. The fourth-order valence-corrected chi connectivity index (χ4v) is 4.08. The van der Waals surface area contributed by atoms with Gasteiger partial charge in [0.05, 0.1) is 11.3 Å². The van der Waals surface area contributed by atoms with Gasteiger partial charge < -0.3 is 15.2 Å². The number of carboxylic acids is 1. The van der Waals surface area contributed by atoms with E-state index in [1.54, 1.807) is 54.6 Å². The van der Waals surface area contributed by atoms with Gasteiger partial charge in [0.25, 0.3) is 5.91 Å². The Morgan fingerprint density at radius 3 is 2.36 bits per heavy atom. The highest BCUT2D eigenvalue weighted by atomic mass is 32.2. The number of rotatable bonds is 11. The van der Waals surface area contributed by atoms with Crippen LogP contribution in [0.3, 0.4) is 0 Å². The van der Waals surface area contributed by atoms with Crippen LogP contribution in [0.25, 0.3) is 0 Å². The Morgan fingerprint density at radius 1 is 0.939 bits per heavy atom. The summed E-state index contributed by atoms with van der Waals surface area (Å²) < 4.78 is 5.69. The lowest BCUT2D eigenvalue weighted by atomic mass is 10.2. The molecule has 0 saturated carbocycles. The molecule has 0 saturated heterocycles. The molecule has 5 nitrogen and oxygen atoms in total. The summed E-state index contributed by atoms with van der Waals surface area (Å²) in [4.78, 5) is 25.7. The van der Waals surface area contributed by atoms with E-state index < -0.39 is 5.97 Å². The zero-order valence-electron chi connectivity index (χ0n) is 18.5. The van der Waals surface area contributed by atoms with Crippen molar-refractivity contribution in [1.82, 2.24) is 0 Å². The lowest BCUT2D eigenvalue weighted by molar-refractivity contribution is 0.0693. The number of unbranched alkanes of at least 4 members (excludes halogenated alkanes) is 2. The van der Waals surface area contributed by atoms with Crippen molar-refractivity contribution >= 4 is 29.3 Å². The molecule has 0 atom stereocenters. The Balaban J connectivity index is 1.64. The van der Waals surface area contributed by atoms with Gasteiger partial charge in [-0.1, -0.05) is 67.9 Å². The summed E-state index contributed by atoms with van der Waals surface area (Å²) >= 11 is 1.30. The summed E-state index contributed by atoms with van der Waals surface area (Å²) in [6, 6.07) is 21.1. The molecule has 0 aliphatic rings. The van der Waals surface area contributed by atoms with Crippen molar-refractivity contribution < 1.29 is 19.4 Å². The van der Waals surface area contributed by atoms with Crippen molar-refractivity contribution in [3.63, 3.8) is 0 Å². The molecule has 3 rings (SSSR count). The van der Waals surface area contributed by atoms with Crippen molar-refractivity contribution in [1.29, 1.82) is 0 Å². The van der Waals surface area contributed by atoms with E-state index in [0.717, 1.165) is 11.3 Å². The van der Waals surface area contributed by atoms with Gasteiger partial charge in [-0.25, -0.2) is 4.79 Å². The van der Waals surface area contributed by atoms with Crippen molar-refractivity contribution in [2.24, 2.45) is 0 Å². The molecule has 0 fully saturated rings. The molecule has 2 N–H and O–H groups in total. The number of allylic oxidation sites excluding steroid dienone is 1. The number of ether oxygens (including phenoxy) is 1. The Hall–Kier alpha value is -3.51. The van der Waals surface area contributed by atoms with Gasteiger partial charge in [0, 0.05) is 15.4 Å². The quantitative estimate of drug-likeness (QED) is 0.240. The first kappa shape index (κ1) is 24.1. The van der Waals surface area contributed by atoms with Crippen LogP contribution < -0.4 is 10.1 Å². The predicted octanol–water partition coefficient (Wildman–Crippen LogP) is 6.91. The van der Waals surface area contributed by atoms with E-state index >= 15 is 0 Å². The lowest BCUT2D eigenvalue weighted by Gasteiger charge is -2.12. The predicted molar refractivity (Wildman–Crippen MR) is 133 cm³/mol. The monoisotopic (exact) mass is 461 g/mol. The number of aromatic carboxylic acids is 1. The fourth-order valence-electron chi connectivity index (χ4n) is 3.06. The molecule has 0 radical (unpaired) electrons. The van der Waals surface area contributed by atoms with E-state index in [0.29, 0.717) is 28.5 Å². The molecule has 0 bridgehead atoms. The maximum atomic E-state index is 12.8. The van der Waals surface area contributed by atoms with Crippen LogP contribution in [0.5, 0.6) is 5.75 Å². The van der Waals surface area contributed by atoms with Crippen molar-refractivity contribution in [3.05, 3.63) is 96.1 Å². The molecule has 6 heteroatoms. The number of anilines is 1. The zero-order valence-corrected chi connectivity index (χ0v) is 19.3. The normalized spacial score (nSPS) is 10.8. The first-order chi connectivity index (χ1) is 16.1. The van der Waals surface area contributed by atoms with Gasteiger partial charge in [0.1, 0.15) is 12.4 Å². The van der Waals surface area contributed by atoms with Crippen LogP contribution in [0.1, 0.15) is 46.9 Å². The summed E-state index contributed by atoms with van der Waals surface area (Å²) in [5, 5.41) is 12.4. The molecule has 0 aromatic heterocycles. The second kappa shape index (κ2) is 12.5. The third kappa shape index (κ3) is 7.26. The van der Waals surface area contributed by atoms with Crippen LogP contribution in [0.15, 0.2) is 94.7 Å². The molecule has 3 aromatic rings. The van der Waals surface area contributed by atoms with Crippen LogP contribution in [-0.2, 0) is 0 Å². The maximum absolute atomic E-state index is 12.8. The van der Waals surface area contributed by atoms with Gasteiger partial charge in [-0.15, -0.1) is 0 Å². The van der Waals surface area contributed by atoms with Crippen molar-refractivity contribution in [2.75, 3.05) is 11.9 Å². The summed E-state index contributed by atoms with van der Waals surface area (Å²) in [6.07, 6.45) is 7.53. The second-order valence-electron chi connectivity index (χ2n) is 7.30. The number of hydrogen-bond donors (Lipinski definition) is 2. The average Bonchev–Trinajstić information content (AvgIpc) is 2.83. The molecule has 3 aromatic carbocycles. The molecule has 1 amide bonds. The van der Waals surface area contributed by atoms with Crippen molar-refractivity contribution in [2.45, 2.75) is 36.0 Å². The molecular weight excluding hydrogens is 434 g/mol. The molecule has 0 aliphatic carbocycles. The number of amides is 1. The Bertz CT molecular complexity index is 1110. The third-order valence-corrected chi connectivity index (χ3v) is 5.98. The molecule has 0 aliphatic heterocycles. The van der Waals surface area contributed by atoms with Crippen LogP contribution >= 0.6 is 11.8 Å². The van der Waals surface area contributed by atoms with Gasteiger partial charge in [-0.2, -0.15) is 0 Å². The van der Waals surface area contributed by atoms with Gasteiger partial charge in [-0.3, -0.25) is 4.79 Å². The van der Waals surface area contributed by atoms with Crippen LogP contribution in [-0.4, -0.2) is 23.6 Å². The molecule has 33 heavy (non-hydrogen) atoms. The molecule has 0 spiro atoms. The highest BCUT2D eigenvalue weighted by Crippen LogP contribution is 2.35. The summed E-state index contributed by atoms with van der Waals surface area (Å²) in [5.41, 5.74) is 1.34. The van der Waals surface area contributed by atoms with E-state index in [1.807, 2.05) is 24.3 Å². The SMILES string of the molecule is CCCCC=CCOc1ccc(C(=O)Nc2ccccc2Sc2ccccc2C(=O)O)cc1. The third-order valence-electron chi connectivity index (χ3n) is 4.83. The standard InChI is InChI=1S/C27H27NO4S/c1-2-3-4-5-10-19-32-21-17-15-20(16-18-21)26(29)28-23-12-7-9-14-25(23)33-24-13-8-6-11-22(24)27(30)31/h5-18H,2-4,19H2,1H3,(H,28,29)(H,30,31). The summed E-state index contributed by atoms with van der Waals surface area (Å²) in [7, 11) is 0. The van der Waals surface area contributed by atoms with E-state index in [9.17, 15) is 14.7 Å². The van der Waals surface area contributed by atoms with Gasteiger partial charge in [0.15, 0.2) is 0 Å². The van der Waals surface area contributed by atoms with E-state index in [-0.39, 0.29) is 11.5 Å². The number of carbonyl (C=O) groups excluding carboxylic acids is 1. The van der Waals surface area contributed by atoms with Crippen LogP contribution in [0.4, 0.5) is 5.69 Å². The van der Waals surface area contributed by atoms with E-state index in [1.165, 1.54) is 24.6 Å². The number of para-hydroxylation sites is 1. The summed E-state index contributed by atoms with van der Waals surface area (Å²) in [5.74, 6) is -0.535. The fraction of sp³-hybridized carbons (Fsp3) is 0.185. The first-order valence-corrected chi connectivity index (χ1v) is 11.7. The Kier molecular flexibility index (Phi) is 9.15. The number of hydrogen-bond acceptors (Lipinski definition) is 4. The van der Waals surface area contributed by atoms with Crippen molar-refractivity contribution in [3.8, 4) is 5.75 Å². The van der Waals surface area contributed by atoms with E-state index in [4.69, 9.17) is 4.74 Å². The minimum atomic E-state index is -0.988. The number of carboxylic acid groups (broad SMARTS) is 1. The molecule has 0 unspecified atom stereocenters. The van der Waals surface area contributed by atoms with Gasteiger partial charge in [0.2, 0.25) is 0 Å². The number of nitrogens with one attached hydrogen (secondary N) is 1. The molecular formula is C27H27NO4S. The Labute approximate surface area is 198 Å². The smallest absolute Gasteiger partial charge is 0.336 e. The highest BCUT2D eigenvalue weighted by molar-refractivity contribution is 7.99. The largest absolute Gasteiger partial charge is 0.490 e. The van der Waals surface area contributed by atoms with Gasteiger partial charge >= 0.3 is 5.97 Å². The van der Waals surface area contributed by atoms with Crippen LogP contribution in [0.2, 0.25) is 0 Å². The second-order valence-corrected chi connectivity index (χ2v) is 8.39. The Morgan fingerprint density at radius 2 is 1.64 bits per heavy atom. The van der Waals surface area contributed by atoms with E-state index in [2.05, 4.69) is 18.3 Å². The average molecular weight is 462 g/mol. The highest BCUT2D eigenvalue weighted by Gasteiger charge is 2.14. The summed E-state index contributed by atoms with van der Waals surface area (Å²) in [6.45, 7) is 2.66. The topological polar surface area (TPSA) is 75.6 Å². The molecule has 170 valence electrons. The minimum absolute atomic E-state index is 0.222. The molecule has 0 heterocycles. The number of carbonyl (C=O) groups is 2. The number of benzene rings is 3.